The first kappa shape index (κ1) is 14.3. The molecule has 1 aliphatic carbocycles. The topological polar surface area (TPSA) is 29.3 Å². The lowest BCUT2D eigenvalue weighted by molar-refractivity contribution is 0.237. The number of rotatable bonds is 2. The summed E-state index contributed by atoms with van der Waals surface area (Å²) in [6.07, 6.45) is 3.27. The quantitative estimate of drug-likeness (QED) is 0.851. The van der Waals surface area contributed by atoms with Crippen molar-refractivity contribution in [3.8, 4) is 0 Å². The summed E-state index contributed by atoms with van der Waals surface area (Å²) in [5, 5.41) is 2.50. The summed E-state index contributed by atoms with van der Waals surface area (Å²) in [6, 6.07) is 15.3. The number of likely N-dealkylation sites (N-methyl/N-ethyl adjacent to an activating group) is 1. The lowest BCUT2D eigenvalue weighted by Gasteiger charge is -2.43. The Bertz CT molecular complexity index is 669. The van der Waals surface area contributed by atoms with E-state index < -0.39 is 5.54 Å². The molecule has 2 nitrogen and oxygen atoms in total. The van der Waals surface area contributed by atoms with Gasteiger partial charge in [-0.2, -0.15) is 0 Å². The highest BCUT2D eigenvalue weighted by atomic mass is 15.1. The van der Waals surface area contributed by atoms with Gasteiger partial charge >= 0.3 is 0 Å². The molecule has 0 radical (unpaired) electrons. The van der Waals surface area contributed by atoms with Gasteiger partial charge in [0.05, 0.1) is 5.54 Å². The Balaban J connectivity index is 2.14. The van der Waals surface area contributed by atoms with E-state index in [1.807, 2.05) is 0 Å². The van der Waals surface area contributed by atoms with Crippen LogP contribution in [0.5, 0.6) is 0 Å². The third-order valence-electron chi connectivity index (χ3n) is 4.92. The maximum Gasteiger partial charge on any atom is 0.0643 e. The van der Waals surface area contributed by atoms with Gasteiger partial charge in [-0.25, -0.2) is 0 Å². The summed E-state index contributed by atoms with van der Waals surface area (Å²) in [6.45, 7) is 4.39. The molecule has 0 spiro atoms. The minimum Gasteiger partial charge on any atom is -0.318 e. The van der Waals surface area contributed by atoms with Crippen molar-refractivity contribution in [3.63, 3.8) is 0 Å². The molecule has 2 unspecified atom stereocenters. The third-order valence-corrected chi connectivity index (χ3v) is 4.92. The van der Waals surface area contributed by atoms with E-state index in [1.54, 1.807) is 0 Å². The number of hydrogen-bond donors (Lipinski definition) is 1. The summed E-state index contributed by atoms with van der Waals surface area (Å²) in [5.41, 5.74) is 8.84. The first-order chi connectivity index (χ1) is 10.0. The van der Waals surface area contributed by atoms with Crippen molar-refractivity contribution in [3.05, 3.63) is 60.2 Å². The van der Waals surface area contributed by atoms with Crippen LogP contribution in [0.25, 0.3) is 10.8 Å². The average molecular weight is 280 g/mol. The second kappa shape index (κ2) is 5.28. The molecule has 21 heavy (non-hydrogen) atoms. The Morgan fingerprint density at radius 3 is 2.62 bits per heavy atom. The molecule has 0 aromatic heterocycles. The third kappa shape index (κ3) is 2.29. The summed E-state index contributed by atoms with van der Waals surface area (Å²) in [4.78, 5) is 2.24. The van der Waals surface area contributed by atoms with Crippen LogP contribution < -0.4 is 5.73 Å². The van der Waals surface area contributed by atoms with E-state index in [4.69, 9.17) is 5.73 Å². The minimum absolute atomic E-state index is 0.364. The molecule has 2 aromatic carbocycles. The molecule has 3 rings (SSSR count). The van der Waals surface area contributed by atoms with Crippen LogP contribution in [0, 0.1) is 0 Å². The average Bonchev–Trinajstić information content (AvgIpc) is 2.49. The second-order valence-electron chi connectivity index (χ2n) is 6.39. The van der Waals surface area contributed by atoms with Crippen LogP contribution in [-0.4, -0.2) is 25.0 Å². The number of nitrogens with two attached hydrogens (primary N) is 1. The van der Waals surface area contributed by atoms with E-state index in [0.29, 0.717) is 6.04 Å². The van der Waals surface area contributed by atoms with Crippen LogP contribution in [0.2, 0.25) is 0 Å². The van der Waals surface area contributed by atoms with E-state index >= 15 is 0 Å². The van der Waals surface area contributed by atoms with Crippen LogP contribution >= 0.6 is 0 Å². The van der Waals surface area contributed by atoms with Crippen LogP contribution in [0.3, 0.4) is 0 Å². The Morgan fingerprint density at radius 2 is 1.86 bits per heavy atom. The lowest BCUT2D eigenvalue weighted by atomic mass is 9.70. The highest BCUT2D eigenvalue weighted by Gasteiger charge is 2.39. The monoisotopic (exact) mass is 280 g/mol. The van der Waals surface area contributed by atoms with Crippen molar-refractivity contribution in [2.24, 2.45) is 5.73 Å². The highest BCUT2D eigenvalue weighted by molar-refractivity contribution is 5.87. The van der Waals surface area contributed by atoms with E-state index in [-0.39, 0.29) is 0 Å². The molecule has 1 aliphatic rings. The van der Waals surface area contributed by atoms with Crippen molar-refractivity contribution in [1.29, 1.82) is 0 Å². The predicted molar refractivity (Wildman–Crippen MR) is 90.3 cm³/mol. The van der Waals surface area contributed by atoms with Gasteiger partial charge in [0, 0.05) is 6.04 Å². The van der Waals surface area contributed by atoms with Crippen molar-refractivity contribution in [2.45, 2.75) is 30.8 Å². The zero-order chi connectivity index (χ0) is 15.0. The van der Waals surface area contributed by atoms with Gasteiger partial charge in [-0.05, 0) is 55.3 Å². The van der Waals surface area contributed by atoms with Gasteiger partial charge in [0.15, 0.2) is 0 Å². The summed E-state index contributed by atoms with van der Waals surface area (Å²) >= 11 is 0. The number of hydrogen-bond acceptors (Lipinski definition) is 2. The molecule has 0 heterocycles. The number of fused-ring (bicyclic) bond motifs is 1. The molecule has 0 saturated heterocycles. The molecular formula is C19H24N2. The van der Waals surface area contributed by atoms with E-state index in [0.717, 1.165) is 24.8 Å². The van der Waals surface area contributed by atoms with Gasteiger partial charge in [0.25, 0.3) is 0 Å². The molecule has 2 atom stereocenters. The second-order valence-corrected chi connectivity index (χ2v) is 6.39. The molecule has 1 fully saturated rings. The van der Waals surface area contributed by atoms with E-state index in [2.05, 4.69) is 68.0 Å². The van der Waals surface area contributed by atoms with Gasteiger partial charge in [0.1, 0.15) is 0 Å². The maximum atomic E-state index is 6.89. The number of benzene rings is 2. The summed E-state index contributed by atoms with van der Waals surface area (Å²) in [7, 11) is 4.23. The van der Waals surface area contributed by atoms with Crippen LogP contribution in [0.4, 0.5) is 0 Å². The molecule has 0 aliphatic heterocycles. The molecular weight excluding hydrogens is 256 g/mol. The van der Waals surface area contributed by atoms with Gasteiger partial charge < -0.3 is 10.6 Å². The molecule has 0 bridgehead atoms. The zero-order valence-electron chi connectivity index (χ0n) is 13.0. The summed E-state index contributed by atoms with van der Waals surface area (Å²) in [5.74, 6) is 0. The molecule has 0 amide bonds. The van der Waals surface area contributed by atoms with Crippen molar-refractivity contribution < 1.29 is 0 Å². The zero-order valence-corrected chi connectivity index (χ0v) is 13.0. The van der Waals surface area contributed by atoms with Crippen molar-refractivity contribution in [1.82, 2.24) is 4.90 Å². The Hall–Kier alpha value is -1.64. The molecule has 110 valence electrons. The fraction of sp³-hybridized carbons (Fsp3) is 0.368. The Labute approximate surface area is 127 Å². The molecule has 2 heteroatoms. The fourth-order valence-electron chi connectivity index (χ4n) is 3.70. The normalized spacial score (nSPS) is 26.5. The fourth-order valence-corrected chi connectivity index (χ4v) is 3.70. The van der Waals surface area contributed by atoms with Crippen LogP contribution in [0.1, 0.15) is 24.8 Å². The molecule has 1 saturated carbocycles. The maximum absolute atomic E-state index is 6.89. The van der Waals surface area contributed by atoms with Crippen LogP contribution in [0.15, 0.2) is 54.6 Å². The van der Waals surface area contributed by atoms with Gasteiger partial charge in [-0.15, -0.1) is 0 Å². The van der Waals surface area contributed by atoms with Crippen molar-refractivity contribution >= 4 is 10.8 Å². The van der Waals surface area contributed by atoms with Crippen LogP contribution in [-0.2, 0) is 5.54 Å². The molecule has 2 N–H and O–H groups in total. The minimum atomic E-state index is -0.423. The van der Waals surface area contributed by atoms with Gasteiger partial charge in [0.2, 0.25) is 0 Å². The lowest BCUT2D eigenvalue weighted by Crippen LogP contribution is -2.49. The standard InChI is InChI=1S/C19H24N2/c1-14-18(21(2)3)12-7-13-19(14,20)17-11-6-9-15-8-4-5-10-16(15)17/h4-6,8-11,18H,1,7,12-13,20H2,2-3H3. The first-order valence-electron chi connectivity index (χ1n) is 7.67. The van der Waals surface area contributed by atoms with Gasteiger partial charge in [-0.3, -0.25) is 0 Å². The first-order valence-corrected chi connectivity index (χ1v) is 7.67. The Kier molecular flexibility index (Phi) is 3.60. The van der Waals surface area contributed by atoms with E-state index in [1.165, 1.54) is 16.3 Å². The predicted octanol–water partition coefficient (Wildman–Crippen LogP) is 3.66. The Morgan fingerprint density at radius 1 is 1.14 bits per heavy atom. The van der Waals surface area contributed by atoms with Gasteiger partial charge in [-0.1, -0.05) is 49.0 Å². The smallest absolute Gasteiger partial charge is 0.0643 e. The highest BCUT2D eigenvalue weighted by Crippen LogP contribution is 2.42. The largest absolute Gasteiger partial charge is 0.318 e. The molecule has 2 aromatic rings. The van der Waals surface area contributed by atoms with Crippen molar-refractivity contribution in [2.75, 3.05) is 14.1 Å². The number of nitrogens with zero attached hydrogens (tertiary/aromatic N) is 1. The SMILES string of the molecule is C=C1C(N(C)C)CCCC1(N)c1cccc2ccccc12. The van der Waals surface area contributed by atoms with E-state index in [9.17, 15) is 0 Å². The summed E-state index contributed by atoms with van der Waals surface area (Å²) < 4.78 is 0.